The van der Waals surface area contributed by atoms with E-state index in [1.807, 2.05) is 42.5 Å². The van der Waals surface area contributed by atoms with Crippen molar-refractivity contribution < 1.29 is 19.4 Å². The van der Waals surface area contributed by atoms with Crippen molar-refractivity contribution in [1.82, 2.24) is 4.90 Å². The van der Waals surface area contributed by atoms with Crippen molar-refractivity contribution in [3.63, 3.8) is 0 Å². The summed E-state index contributed by atoms with van der Waals surface area (Å²) in [4.78, 5) is 17.2. The molecule has 182 valence electrons. The average Bonchev–Trinajstić information content (AvgIpc) is 2.88. The molecule has 0 aliphatic carbocycles. The molecule has 7 nitrogen and oxygen atoms in total. The maximum Gasteiger partial charge on any atom is 0.248 e. The summed E-state index contributed by atoms with van der Waals surface area (Å²) in [6.07, 6.45) is 3.07. The Bertz CT molecular complexity index is 1190. The average molecular weight is 474 g/mol. The van der Waals surface area contributed by atoms with Crippen molar-refractivity contribution in [2.45, 2.75) is 6.61 Å². The van der Waals surface area contributed by atoms with Crippen LogP contribution in [0.3, 0.4) is 0 Å². The van der Waals surface area contributed by atoms with Crippen LogP contribution < -0.4 is 19.7 Å². The van der Waals surface area contributed by atoms with Gasteiger partial charge >= 0.3 is 0 Å². The van der Waals surface area contributed by atoms with Crippen molar-refractivity contribution in [2.24, 2.45) is 0 Å². The minimum absolute atomic E-state index is 0.0226. The van der Waals surface area contributed by atoms with Crippen molar-refractivity contribution >= 4 is 23.4 Å². The number of benzene rings is 3. The molecular weight excluding hydrogens is 442 g/mol. The van der Waals surface area contributed by atoms with Crippen molar-refractivity contribution in [1.29, 1.82) is 0 Å². The highest BCUT2D eigenvalue weighted by atomic mass is 16.5. The van der Waals surface area contributed by atoms with Gasteiger partial charge in [0, 0.05) is 43.5 Å². The fourth-order valence-corrected chi connectivity index (χ4v) is 3.97. The maximum absolute atomic E-state index is 12.6. The highest BCUT2D eigenvalue weighted by Gasteiger charge is 2.17. The van der Waals surface area contributed by atoms with Gasteiger partial charge in [0.2, 0.25) is 5.91 Å². The lowest BCUT2D eigenvalue weighted by Crippen LogP contribution is -2.44. The van der Waals surface area contributed by atoms with Gasteiger partial charge in [-0.3, -0.25) is 4.79 Å². The fraction of sp³-hybridized carbons (Fsp3) is 0.250. The second kappa shape index (κ2) is 11.4. The number of rotatable bonds is 8. The van der Waals surface area contributed by atoms with Crippen LogP contribution in [0, 0.1) is 0 Å². The molecule has 1 amide bonds. The van der Waals surface area contributed by atoms with Gasteiger partial charge in [-0.05, 0) is 49.0 Å². The van der Waals surface area contributed by atoms with E-state index in [1.165, 1.54) is 13.2 Å². The second-order valence-corrected chi connectivity index (χ2v) is 8.46. The van der Waals surface area contributed by atoms with Crippen LogP contribution in [-0.4, -0.2) is 56.3 Å². The summed E-state index contributed by atoms with van der Waals surface area (Å²) in [5, 5.41) is 12.8. The Morgan fingerprint density at radius 3 is 2.51 bits per heavy atom. The molecule has 1 aliphatic rings. The minimum atomic E-state index is -0.273. The number of para-hydroxylation sites is 3. The number of carbonyl (C=O) groups is 1. The van der Waals surface area contributed by atoms with E-state index in [0.29, 0.717) is 23.6 Å². The molecule has 4 rings (SSSR count). The summed E-state index contributed by atoms with van der Waals surface area (Å²) in [7, 11) is 3.63. The SMILES string of the molecule is COc1ccc(C=CC(=O)Nc2ccccc2COc2ccccc2N2CCN(C)CC2)cc1O. The topological polar surface area (TPSA) is 74.3 Å². The van der Waals surface area contributed by atoms with Gasteiger partial charge in [0.05, 0.1) is 12.8 Å². The zero-order chi connectivity index (χ0) is 24.6. The smallest absolute Gasteiger partial charge is 0.248 e. The number of nitrogens with zero attached hydrogens (tertiary/aromatic N) is 2. The molecular formula is C28H31N3O4. The van der Waals surface area contributed by atoms with Crippen LogP contribution in [0.2, 0.25) is 0 Å². The monoisotopic (exact) mass is 473 g/mol. The first-order chi connectivity index (χ1) is 17.0. The summed E-state index contributed by atoms with van der Waals surface area (Å²) in [6.45, 7) is 4.29. The quantitative estimate of drug-likeness (QED) is 0.473. The number of nitrogens with one attached hydrogen (secondary N) is 1. The van der Waals surface area contributed by atoms with Gasteiger partial charge in [-0.1, -0.05) is 36.4 Å². The predicted octanol–water partition coefficient (Wildman–Crippen LogP) is 4.38. The van der Waals surface area contributed by atoms with Gasteiger partial charge in [0.15, 0.2) is 11.5 Å². The van der Waals surface area contributed by atoms with Crippen LogP contribution in [0.1, 0.15) is 11.1 Å². The molecule has 0 unspecified atom stereocenters. The van der Waals surface area contributed by atoms with E-state index in [-0.39, 0.29) is 11.7 Å². The molecule has 1 saturated heterocycles. The molecule has 0 radical (unpaired) electrons. The summed E-state index contributed by atoms with van der Waals surface area (Å²) < 4.78 is 11.3. The molecule has 0 atom stereocenters. The van der Waals surface area contributed by atoms with Gasteiger partial charge in [0.1, 0.15) is 12.4 Å². The van der Waals surface area contributed by atoms with E-state index < -0.39 is 0 Å². The van der Waals surface area contributed by atoms with Gasteiger partial charge in [-0.2, -0.15) is 0 Å². The number of methoxy groups -OCH3 is 1. The highest BCUT2D eigenvalue weighted by Crippen LogP contribution is 2.30. The van der Waals surface area contributed by atoms with E-state index in [1.54, 1.807) is 24.3 Å². The number of carbonyl (C=O) groups excluding carboxylic acids is 1. The Balaban J connectivity index is 1.41. The van der Waals surface area contributed by atoms with Crippen molar-refractivity contribution in [3.05, 3.63) is 83.9 Å². The van der Waals surface area contributed by atoms with E-state index in [0.717, 1.165) is 43.2 Å². The number of hydrogen-bond donors (Lipinski definition) is 2. The normalized spacial score (nSPS) is 14.2. The Kier molecular flexibility index (Phi) is 7.90. The van der Waals surface area contributed by atoms with Crippen LogP contribution in [0.15, 0.2) is 72.8 Å². The maximum atomic E-state index is 12.6. The molecule has 1 fully saturated rings. The fourth-order valence-electron chi connectivity index (χ4n) is 3.97. The van der Waals surface area contributed by atoms with Crippen LogP contribution in [0.5, 0.6) is 17.2 Å². The third-order valence-corrected chi connectivity index (χ3v) is 6.00. The van der Waals surface area contributed by atoms with Crippen molar-refractivity contribution in [3.8, 4) is 17.2 Å². The molecule has 3 aromatic carbocycles. The number of anilines is 2. The lowest BCUT2D eigenvalue weighted by atomic mass is 10.1. The van der Waals surface area contributed by atoms with E-state index in [4.69, 9.17) is 9.47 Å². The number of hydrogen-bond acceptors (Lipinski definition) is 6. The van der Waals surface area contributed by atoms with Crippen molar-refractivity contribution in [2.75, 3.05) is 50.6 Å². The molecule has 2 N–H and O–H groups in total. The number of aromatic hydroxyl groups is 1. The number of piperazine rings is 1. The van der Waals surface area contributed by atoms with Crippen LogP contribution in [0.25, 0.3) is 6.08 Å². The molecule has 0 bridgehead atoms. The summed E-state index contributed by atoms with van der Waals surface area (Å²) in [6, 6.07) is 20.7. The lowest BCUT2D eigenvalue weighted by Gasteiger charge is -2.34. The van der Waals surface area contributed by atoms with Gasteiger partial charge < -0.3 is 29.7 Å². The summed E-state index contributed by atoms with van der Waals surface area (Å²) in [5.74, 6) is 0.965. The zero-order valence-electron chi connectivity index (χ0n) is 20.1. The number of phenols is 1. The summed E-state index contributed by atoms with van der Waals surface area (Å²) in [5.41, 5.74) is 3.35. The first-order valence-electron chi connectivity index (χ1n) is 11.6. The Morgan fingerprint density at radius 2 is 1.74 bits per heavy atom. The Morgan fingerprint density at radius 1 is 1.00 bits per heavy atom. The Hall–Kier alpha value is -3.97. The molecule has 0 aromatic heterocycles. The lowest BCUT2D eigenvalue weighted by molar-refractivity contribution is -0.111. The Labute approximate surface area is 206 Å². The van der Waals surface area contributed by atoms with Crippen LogP contribution in [0.4, 0.5) is 11.4 Å². The molecule has 35 heavy (non-hydrogen) atoms. The van der Waals surface area contributed by atoms with Gasteiger partial charge in [-0.25, -0.2) is 0 Å². The molecule has 7 heteroatoms. The first kappa shape index (κ1) is 24.2. The van der Waals surface area contributed by atoms with Gasteiger partial charge in [-0.15, -0.1) is 0 Å². The molecule has 3 aromatic rings. The first-order valence-corrected chi connectivity index (χ1v) is 11.6. The third-order valence-electron chi connectivity index (χ3n) is 6.00. The molecule has 0 spiro atoms. The zero-order valence-corrected chi connectivity index (χ0v) is 20.1. The third kappa shape index (κ3) is 6.33. The van der Waals surface area contributed by atoms with E-state index >= 15 is 0 Å². The minimum Gasteiger partial charge on any atom is -0.504 e. The number of likely N-dealkylation sites (N-methyl/N-ethyl adjacent to an activating group) is 1. The largest absolute Gasteiger partial charge is 0.504 e. The van der Waals surface area contributed by atoms with Crippen LogP contribution >= 0.6 is 0 Å². The predicted molar refractivity (Wildman–Crippen MR) is 139 cm³/mol. The van der Waals surface area contributed by atoms with E-state index in [2.05, 4.69) is 28.2 Å². The number of ether oxygens (including phenoxy) is 2. The van der Waals surface area contributed by atoms with Gasteiger partial charge in [0.25, 0.3) is 0 Å². The standard InChI is InChI=1S/C28H31N3O4/c1-30-15-17-31(18-16-30)24-9-5-6-10-26(24)35-20-22-7-3-4-8-23(22)29-28(33)14-12-21-11-13-27(34-2)25(32)19-21/h3-14,19,32H,15-18,20H2,1-2H3,(H,29,33). The molecule has 1 heterocycles. The number of amides is 1. The molecule has 1 aliphatic heterocycles. The van der Waals surface area contributed by atoms with E-state index in [9.17, 15) is 9.90 Å². The molecule has 0 saturated carbocycles. The number of phenolic OH excluding ortho intramolecular Hbond substituents is 1. The summed E-state index contributed by atoms with van der Waals surface area (Å²) >= 11 is 0. The van der Waals surface area contributed by atoms with Crippen LogP contribution in [-0.2, 0) is 11.4 Å². The highest BCUT2D eigenvalue weighted by molar-refractivity contribution is 6.02. The second-order valence-electron chi connectivity index (χ2n) is 8.46.